The quantitative estimate of drug-likeness (QED) is 0.699. The smallest absolute Gasteiger partial charge is 0.252 e. The zero-order valence-electron chi connectivity index (χ0n) is 10.0. The minimum atomic E-state index is -0.569. The van der Waals surface area contributed by atoms with Gasteiger partial charge in [-0.3, -0.25) is 9.63 Å². The number of hydrogen-bond acceptors (Lipinski definition) is 3. The molecule has 0 aliphatic carbocycles. The van der Waals surface area contributed by atoms with Gasteiger partial charge in [-0.15, -0.1) is 0 Å². The molecule has 0 aromatic heterocycles. The van der Waals surface area contributed by atoms with Gasteiger partial charge in [0.05, 0.1) is 11.0 Å². The number of hydrogen-bond donors (Lipinski definition) is 1. The van der Waals surface area contributed by atoms with Gasteiger partial charge in [0.2, 0.25) is 0 Å². The molecule has 0 aliphatic rings. The van der Waals surface area contributed by atoms with E-state index < -0.39 is 5.41 Å². The van der Waals surface area contributed by atoms with Crippen molar-refractivity contribution in [2.24, 2.45) is 11.1 Å². The summed E-state index contributed by atoms with van der Waals surface area (Å²) in [6.07, 6.45) is 0. The lowest BCUT2D eigenvalue weighted by Crippen LogP contribution is -2.45. The summed E-state index contributed by atoms with van der Waals surface area (Å²) in [5.41, 5.74) is 4.57. The minimum absolute atomic E-state index is 0.102. The maximum atomic E-state index is 11.8. The van der Waals surface area contributed by atoms with Crippen molar-refractivity contribution in [3.63, 3.8) is 0 Å². The number of amides is 1. The number of carbonyl (C=O) groups is 1. The lowest BCUT2D eigenvalue weighted by Gasteiger charge is -2.32. The van der Waals surface area contributed by atoms with Crippen molar-refractivity contribution >= 4 is 5.91 Å². The Morgan fingerprint density at radius 2 is 1.71 bits per heavy atom. The highest BCUT2D eigenvalue weighted by molar-refractivity contribution is 5.81. The minimum Gasteiger partial charge on any atom is -0.329 e. The average molecular weight is 202 g/mol. The number of nitrogens with two attached hydrogens (primary N) is 1. The maximum Gasteiger partial charge on any atom is 0.252 e. The van der Waals surface area contributed by atoms with Crippen molar-refractivity contribution in [1.29, 1.82) is 0 Å². The monoisotopic (exact) mass is 202 g/mol. The van der Waals surface area contributed by atoms with Gasteiger partial charge >= 0.3 is 0 Å². The van der Waals surface area contributed by atoms with Gasteiger partial charge in [0.25, 0.3) is 5.91 Å². The predicted octanol–water partition coefficient (Wildman–Crippen LogP) is 1.16. The third-order valence-corrected chi connectivity index (χ3v) is 1.79. The summed E-state index contributed by atoms with van der Waals surface area (Å²) in [6, 6.07) is 0. The molecule has 4 heteroatoms. The first-order chi connectivity index (χ1) is 6.10. The summed E-state index contributed by atoms with van der Waals surface area (Å²) in [7, 11) is 1.62. The number of nitrogens with zero attached hydrogens (tertiary/aromatic N) is 1. The van der Waals surface area contributed by atoms with Gasteiger partial charge in [0, 0.05) is 13.6 Å². The van der Waals surface area contributed by atoms with Gasteiger partial charge in [0.15, 0.2) is 0 Å². The Labute approximate surface area is 86.4 Å². The van der Waals surface area contributed by atoms with E-state index in [4.69, 9.17) is 10.6 Å². The zero-order valence-corrected chi connectivity index (χ0v) is 10.0. The molecule has 0 aliphatic heterocycles. The van der Waals surface area contributed by atoms with Gasteiger partial charge in [-0.2, -0.15) is 0 Å². The Bertz CT molecular complexity index is 207. The SMILES string of the molecule is CN(OC(C)(C)C)C(=O)C(C)(C)CN. The van der Waals surface area contributed by atoms with Crippen LogP contribution in [0.5, 0.6) is 0 Å². The highest BCUT2D eigenvalue weighted by atomic mass is 16.7. The van der Waals surface area contributed by atoms with Crippen LogP contribution in [-0.2, 0) is 9.63 Å². The second kappa shape index (κ2) is 4.28. The van der Waals surface area contributed by atoms with Crippen LogP contribution in [0, 0.1) is 5.41 Å². The molecule has 0 fully saturated rings. The summed E-state index contributed by atoms with van der Waals surface area (Å²) in [4.78, 5) is 17.2. The van der Waals surface area contributed by atoms with E-state index in [1.165, 1.54) is 5.06 Å². The van der Waals surface area contributed by atoms with Gasteiger partial charge in [-0.05, 0) is 34.6 Å². The molecule has 84 valence electrons. The molecule has 0 bridgehead atoms. The van der Waals surface area contributed by atoms with E-state index in [2.05, 4.69) is 0 Å². The molecule has 0 atom stereocenters. The van der Waals surface area contributed by atoms with Gasteiger partial charge in [-0.1, -0.05) is 0 Å². The summed E-state index contributed by atoms with van der Waals surface area (Å²) >= 11 is 0. The molecule has 0 aromatic carbocycles. The number of hydroxylamine groups is 2. The molecule has 1 amide bonds. The lowest BCUT2D eigenvalue weighted by atomic mass is 9.93. The molecule has 2 N–H and O–H groups in total. The Morgan fingerprint density at radius 1 is 1.29 bits per heavy atom. The van der Waals surface area contributed by atoms with Crippen molar-refractivity contribution in [3.05, 3.63) is 0 Å². The van der Waals surface area contributed by atoms with E-state index in [-0.39, 0.29) is 11.5 Å². The molecule has 0 saturated carbocycles. The average Bonchev–Trinajstić information content (AvgIpc) is 2.00. The first-order valence-corrected chi connectivity index (χ1v) is 4.77. The molecular weight excluding hydrogens is 180 g/mol. The Morgan fingerprint density at radius 3 is 2.00 bits per heavy atom. The molecule has 4 nitrogen and oxygen atoms in total. The van der Waals surface area contributed by atoms with Gasteiger partial charge < -0.3 is 5.73 Å². The van der Waals surface area contributed by atoms with Crippen molar-refractivity contribution in [2.45, 2.75) is 40.2 Å². The Kier molecular flexibility index (Phi) is 4.09. The van der Waals surface area contributed by atoms with Crippen molar-refractivity contribution in [3.8, 4) is 0 Å². The van der Waals surface area contributed by atoms with Gasteiger partial charge in [0.1, 0.15) is 0 Å². The largest absolute Gasteiger partial charge is 0.329 e. The molecule has 0 radical (unpaired) electrons. The molecule has 0 aromatic rings. The standard InChI is InChI=1S/C10H22N2O2/c1-9(2,3)14-12(6)8(13)10(4,5)7-11/h7,11H2,1-6H3. The lowest BCUT2D eigenvalue weighted by molar-refractivity contribution is -0.223. The molecular formula is C10H22N2O2. The summed E-state index contributed by atoms with van der Waals surface area (Å²) in [5.74, 6) is -0.102. The molecule has 14 heavy (non-hydrogen) atoms. The predicted molar refractivity (Wildman–Crippen MR) is 56.4 cm³/mol. The van der Waals surface area contributed by atoms with Crippen LogP contribution in [-0.4, -0.2) is 30.2 Å². The van der Waals surface area contributed by atoms with E-state index in [0.29, 0.717) is 6.54 Å². The van der Waals surface area contributed by atoms with Crippen LogP contribution >= 0.6 is 0 Å². The molecule has 0 saturated heterocycles. The fourth-order valence-corrected chi connectivity index (χ4v) is 0.966. The van der Waals surface area contributed by atoms with Crippen molar-refractivity contribution in [2.75, 3.05) is 13.6 Å². The van der Waals surface area contributed by atoms with Crippen LogP contribution in [0.15, 0.2) is 0 Å². The normalized spacial score (nSPS) is 12.8. The third-order valence-electron chi connectivity index (χ3n) is 1.79. The van der Waals surface area contributed by atoms with E-state index in [1.54, 1.807) is 20.9 Å². The van der Waals surface area contributed by atoms with Crippen LogP contribution in [0.4, 0.5) is 0 Å². The first kappa shape index (κ1) is 13.4. The summed E-state index contributed by atoms with van der Waals surface area (Å²) in [6.45, 7) is 9.60. The van der Waals surface area contributed by atoms with E-state index in [9.17, 15) is 4.79 Å². The highest BCUT2D eigenvalue weighted by Crippen LogP contribution is 2.19. The van der Waals surface area contributed by atoms with Crippen LogP contribution < -0.4 is 5.73 Å². The second-order valence-electron chi connectivity index (χ2n) is 5.09. The summed E-state index contributed by atoms with van der Waals surface area (Å²) in [5, 5.41) is 1.27. The van der Waals surface area contributed by atoms with Crippen molar-refractivity contribution in [1.82, 2.24) is 5.06 Å². The topological polar surface area (TPSA) is 55.6 Å². The zero-order chi connectivity index (χ0) is 11.6. The van der Waals surface area contributed by atoms with Crippen LogP contribution in [0.1, 0.15) is 34.6 Å². The Balaban J connectivity index is 4.41. The molecule has 0 heterocycles. The molecule has 0 rings (SSSR count). The van der Waals surface area contributed by atoms with Gasteiger partial charge in [-0.25, -0.2) is 5.06 Å². The summed E-state index contributed by atoms with van der Waals surface area (Å²) < 4.78 is 0. The molecule has 0 unspecified atom stereocenters. The van der Waals surface area contributed by atoms with E-state index in [1.807, 2.05) is 20.8 Å². The third kappa shape index (κ3) is 4.07. The van der Waals surface area contributed by atoms with E-state index >= 15 is 0 Å². The first-order valence-electron chi connectivity index (χ1n) is 4.77. The highest BCUT2D eigenvalue weighted by Gasteiger charge is 2.31. The number of carbonyl (C=O) groups excluding carboxylic acids is 1. The maximum absolute atomic E-state index is 11.8. The second-order valence-corrected chi connectivity index (χ2v) is 5.09. The van der Waals surface area contributed by atoms with E-state index in [0.717, 1.165) is 0 Å². The fraction of sp³-hybridized carbons (Fsp3) is 0.900. The van der Waals surface area contributed by atoms with Crippen LogP contribution in [0.25, 0.3) is 0 Å². The Hall–Kier alpha value is -0.610. The van der Waals surface area contributed by atoms with Crippen molar-refractivity contribution < 1.29 is 9.63 Å². The van der Waals surface area contributed by atoms with Crippen LogP contribution in [0.2, 0.25) is 0 Å². The van der Waals surface area contributed by atoms with Crippen LogP contribution in [0.3, 0.4) is 0 Å². The molecule has 0 spiro atoms. The fourth-order valence-electron chi connectivity index (χ4n) is 0.966. The number of rotatable bonds is 3.